The molecule has 6 aliphatic rings. The van der Waals surface area contributed by atoms with Gasteiger partial charge in [0.25, 0.3) is 11.7 Å². The third kappa shape index (κ3) is 2.35. The molecule has 0 fully saturated rings. The lowest BCUT2D eigenvalue weighted by atomic mass is 9.92. The smallest absolute Gasteiger partial charge is 0.267 e. The number of fused-ring (bicyclic) bond motifs is 11. The van der Waals surface area contributed by atoms with Crippen LogP contribution in [0.15, 0.2) is 123 Å². The molecule has 1 aliphatic carbocycles. The van der Waals surface area contributed by atoms with Crippen molar-refractivity contribution in [3.05, 3.63) is 141 Å². The van der Waals surface area contributed by atoms with Crippen LogP contribution in [0.2, 0.25) is 0 Å². The molecule has 0 N–H and O–H groups in total. The Hall–Kier alpha value is -5.62. The molecule has 0 amide bonds. The molecule has 6 nitrogen and oxygen atoms in total. The van der Waals surface area contributed by atoms with Crippen LogP contribution in [0.1, 0.15) is 17.4 Å². The van der Waals surface area contributed by atoms with E-state index in [-0.39, 0.29) is 18.4 Å². The van der Waals surface area contributed by atoms with E-state index in [1.165, 1.54) is 37.6 Å². The lowest BCUT2D eigenvalue weighted by molar-refractivity contribution is -0.528. The molecule has 5 aromatic carbocycles. The zero-order valence-electron chi connectivity index (χ0n) is 22.8. The van der Waals surface area contributed by atoms with Gasteiger partial charge in [-0.1, -0.05) is 83.9 Å². The number of hydrogen-bond donors (Lipinski definition) is 0. The number of nitrogens with zero attached hydrogens (tertiary/aromatic N) is 6. The largest absolute Gasteiger partial charge is 0.276 e. The number of benzene rings is 5. The Balaban J connectivity index is 1.29. The van der Waals surface area contributed by atoms with Crippen LogP contribution in [0.25, 0.3) is 44.5 Å². The molecule has 0 spiro atoms. The first-order chi connectivity index (χ1) is 21.3. The molecule has 6 heterocycles. The monoisotopic (exact) mass is 549 g/mol. The highest BCUT2D eigenvalue weighted by Gasteiger charge is 2.58. The van der Waals surface area contributed by atoms with Crippen LogP contribution >= 0.6 is 0 Å². The summed E-state index contributed by atoms with van der Waals surface area (Å²) in [6.07, 6.45) is 4.54. The molecule has 6 heteroatoms. The Bertz CT molecular complexity index is 2760. The third-order valence-corrected chi connectivity index (χ3v) is 10.2. The first kappa shape index (κ1) is 21.1. The topological polar surface area (TPSA) is 48.3 Å². The lowest BCUT2D eigenvalue weighted by Crippen LogP contribution is -2.58. The summed E-state index contributed by atoms with van der Waals surface area (Å²) in [5.41, 5.74) is 5.53. The molecular formula is C37H21N6+. The van der Waals surface area contributed by atoms with Gasteiger partial charge in [0.05, 0.1) is 17.0 Å². The van der Waals surface area contributed by atoms with Gasteiger partial charge < -0.3 is 0 Å². The summed E-state index contributed by atoms with van der Waals surface area (Å²) in [6.45, 7) is 0. The zero-order valence-corrected chi connectivity index (χ0v) is 22.8. The van der Waals surface area contributed by atoms with E-state index < -0.39 is 0 Å². The van der Waals surface area contributed by atoms with E-state index >= 15 is 0 Å². The van der Waals surface area contributed by atoms with Crippen LogP contribution in [0.4, 0.5) is 0 Å². The molecule has 43 heavy (non-hydrogen) atoms. The average molecular weight is 550 g/mol. The maximum absolute atomic E-state index is 5.57. The van der Waals surface area contributed by atoms with Crippen molar-refractivity contribution in [3.63, 3.8) is 0 Å². The van der Waals surface area contributed by atoms with Crippen molar-refractivity contribution < 1.29 is 4.58 Å². The van der Waals surface area contributed by atoms with E-state index in [0.29, 0.717) is 0 Å². The fourth-order valence-electron chi connectivity index (χ4n) is 8.30. The van der Waals surface area contributed by atoms with Gasteiger partial charge in [0.15, 0.2) is 6.17 Å². The molecule has 1 aromatic heterocycles. The van der Waals surface area contributed by atoms with Gasteiger partial charge in [0, 0.05) is 16.3 Å². The van der Waals surface area contributed by atoms with Crippen LogP contribution in [-0.2, 0) is 0 Å². The van der Waals surface area contributed by atoms with Gasteiger partial charge in [-0.15, -0.1) is 4.99 Å². The normalized spacial score (nSPS) is 22.8. The summed E-state index contributed by atoms with van der Waals surface area (Å²) in [4.78, 5) is 19.0. The lowest BCUT2D eigenvalue weighted by Gasteiger charge is -2.39. The molecule has 198 valence electrons. The Morgan fingerprint density at radius 1 is 0.651 bits per heavy atom. The predicted molar refractivity (Wildman–Crippen MR) is 166 cm³/mol. The Morgan fingerprint density at radius 2 is 1.28 bits per heavy atom. The van der Waals surface area contributed by atoms with Crippen molar-refractivity contribution in [1.82, 2.24) is 9.47 Å². The molecule has 12 rings (SSSR count). The van der Waals surface area contributed by atoms with Crippen LogP contribution in [0.3, 0.4) is 0 Å². The van der Waals surface area contributed by atoms with Crippen molar-refractivity contribution in [2.45, 2.75) is 12.5 Å². The molecule has 3 unspecified atom stereocenters. The predicted octanol–water partition coefficient (Wildman–Crippen LogP) is 3.65. The number of aromatic nitrogens is 1. The van der Waals surface area contributed by atoms with Gasteiger partial charge in [-0.05, 0) is 62.3 Å². The maximum Gasteiger partial charge on any atom is 0.276 e. The minimum atomic E-state index is -0.128. The molecule has 3 atom stereocenters. The van der Waals surface area contributed by atoms with Crippen LogP contribution < -0.4 is 21.4 Å². The van der Waals surface area contributed by atoms with Gasteiger partial charge in [-0.3, -0.25) is 4.90 Å². The minimum absolute atomic E-state index is 0.0861. The first-order valence-corrected chi connectivity index (χ1v) is 14.9. The number of aliphatic imine (C=N–C) groups is 1. The summed E-state index contributed by atoms with van der Waals surface area (Å²) < 4.78 is 4.74. The van der Waals surface area contributed by atoms with Crippen LogP contribution in [0, 0.1) is 5.92 Å². The summed E-state index contributed by atoms with van der Waals surface area (Å²) in [5, 5.41) is 9.67. The fourth-order valence-corrected chi connectivity index (χ4v) is 8.30. The summed E-state index contributed by atoms with van der Waals surface area (Å²) >= 11 is 0. The Morgan fingerprint density at radius 3 is 2.02 bits per heavy atom. The van der Waals surface area contributed by atoms with Crippen LogP contribution in [-0.4, -0.2) is 31.9 Å². The fraction of sp³-hybridized carbons (Fsp3) is 0.0811. The second kappa shape index (κ2) is 6.88. The van der Waals surface area contributed by atoms with E-state index in [1.54, 1.807) is 0 Å². The highest BCUT2D eigenvalue weighted by Crippen LogP contribution is 2.48. The molecular weight excluding hydrogens is 528 g/mol. The van der Waals surface area contributed by atoms with E-state index in [2.05, 4.69) is 123 Å². The van der Waals surface area contributed by atoms with Gasteiger partial charge in [0.1, 0.15) is 11.3 Å². The SMILES string of the molecule is C1=c2ccccc2=CC2C1=C1N=c3c4cc5ccccc5cc4c4n3C3N1C2N=C1c2cc5ccccc5cc2C(=[N+]13)N=4. The number of hydrogen-bond acceptors (Lipinski definition) is 4. The van der Waals surface area contributed by atoms with Gasteiger partial charge >= 0.3 is 0 Å². The van der Waals surface area contributed by atoms with Crippen LogP contribution in [0.5, 0.6) is 0 Å². The Kier molecular flexibility index (Phi) is 3.38. The quantitative estimate of drug-likeness (QED) is 0.267. The average Bonchev–Trinajstić information content (AvgIpc) is 3.65. The van der Waals surface area contributed by atoms with E-state index in [9.17, 15) is 0 Å². The van der Waals surface area contributed by atoms with Gasteiger partial charge in [0.2, 0.25) is 11.8 Å². The second-order valence-corrected chi connectivity index (χ2v) is 12.3. The minimum Gasteiger partial charge on any atom is -0.267 e. The Labute approximate surface area is 244 Å². The highest BCUT2D eigenvalue weighted by molar-refractivity contribution is 6.17. The first-order valence-electron chi connectivity index (χ1n) is 14.9. The van der Waals surface area contributed by atoms with Crippen molar-refractivity contribution in [1.29, 1.82) is 0 Å². The van der Waals surface area contributed by atoms with Crippen molar-refractivity contribution in [2.75, 3.05) is 0 Å². The zero-order chi connectivity index (χ0) is 27.6. The standard InChI is InChI=1S/C37H21N6/c1-2-8-20-14-26-25(13-19(20)7-1)31-38-33-27-15-21-9-3-4-10-22(21)16-28(27)35-40-36-30-18-24-12-6-5-11-23(24)17-29(30)34-39-32(26)41(31)37(42(33)35)43(34)36/h1-18,25,31,37H/q+1. The maximum atomic E-state index is 5.57. The second-order valence-electron chi connectivity index (χ2n) is 12.3. The molecule has 0 saturated carbocycles. The number of rotatable bonds is 0. The molecule has 0 saturated heterocycles. The molecule has 5 aliphatic heterocycles. The highest BCUT2D eigenvalue weighted by atomic mass is 15.6. The van der Waals surface area contributed by atoms with Crippen molar-refractivity contribution in [3.8, 4) is 0 Å². The number of amidine groups is 2. The summed E-state index contributed by atoms with van der Waals surface area (Å²) in [6, 6.07) is 35.1. The van der Waals surface area contributed by atoms with Gasteiger partial charge in [-0.25, -0.2) is 9.56 Å². The molecule has 0 radical (unpaired) electrons. The third-order valence-electron chi connectivity index (χ3n) is 10.2. The molecule has 0 bridgehead atoms. The van der Waals surface area contributed by atoms with E-state index in [1.807, 2.05) is 0 Å². The van der Waals surface area contributed by atoms with E-state index in [4.69, 9.17) is 15.0 Å². The summed E-state index contributed by atoms with van der Waals surface area (Å²) in [5.74, 6) is 3.14. The van der Waals surface area contributed by atoms with Crippen molar-refractivity contribution in [2.24, 2.45) is 20.9 Å². The summed E-state index contributed by atoms with van der Waals surface area (Å²) in [7, 11) is 0. The van der Waals surface area contributed by atoms with Gasteiger partial charge in [-0.2, -0.15) is 4.58 Å². The van der Waals surface area contributed by atoms with E-state index in [0.717, 1.165) is 50.4 Å². The van der Waals surface area contributed by atoms with Crippen molar-refractivity contribution >= 4 is 56.1 Å². The molecule has 6 aromatic rings.